The van der Waals surface area contributed by atoms with E-state index in [1.807, 2.05) is 30.3 Å². The van der Waals surface area contributed by atoms with Crippen molar-refractivity contribution >= 4 is 23.3 Å². The average molecular weight is 376 g/mol. The van der Waals surface area contributed by atoms with Crippen LogP contribution in [0.2, 0.25) is 0 Å². The molecule has 2 amide bonds. The van der Waals surface area contributed by atoms with Crippen LogP contribution in [0, 0.1) is 0 Å². The first-order valence-electron chi connectivity index (χ1n) is 8.74. The number of nitrogens with one attached hydrogen (secondary N) is 2. The van der Waals surface area contributed by atoms with E-state index in [9.17, 15) is 14.4 Å². The number of carbonyl (C=O) groups excluding carboxylic acids is 3. The van der Waals surface area contributed by atoms with Crippen LogP contribution < -0.4 is 10.6 Å². The Bertz CT molecular complexity index is 1010. The van der Waals surface area contributed by atoms with Crippen LogP contribution in [0.5, 0.6) is 0 Å². The number of ketones is 1. The summed E-state index contributed by atoms with van der Waals surface area (Å²) in [6.07, 6.45) is 3.22. The van der Waals surface area contributed by atoms with E-state index < -0.39 is 11.8 Å². The second-order valence-electron chi connectivity index (χ2n) is 6.33. The predicted octanol–water partition coefficient (Wildman–Crippen LogP) is 2.47. The number of carbonyl (C=O) groups is 3. The van der Waals surface area contributed by atoms with Crippen molar-refractivity contribution in [3.05, 3.63) is 83.9 Å². The van der Waals surface area contributed by atoms with Gasteiger partial charge in [0.05, 0.1) is 6.04 Å². The number of rotatable bonds is 5. The van der Waals surface area contributed by atoms with Gasteiger partial charge >= 0.3 is 11.8 Å². The summed E-state index contributed by atoms with van der Waals surface area (Å²) in [5.41, 5.74) is 1.61. The standard InChI is InChI=1S/C21H20N4O3/c1-14(15-7-4-3-5-8-15)23-20(27)21(28)24-17-10-6-9-16(13-17)18(26)19-22-11-12-25(19)2/h3-14H,1-2H3,(H,23,27)(H,24,28)/t14-/m0/s1. The molecule has 0 aliphatic carbocycles. The van der Waals surface area contributed by atoms with E-state index in [2.05, 4.69) is 15.6 Å². The first kappa shape index (κ1) is 19.0. The molecule has 0 fully saturated rings. The predicted molar refractivity (Wildman–Crippen MR) is 105 cm³/mol. The molecule has 1 heterocycles. The van der Waals surface area contributed by atoms with E-state index >= 15 is 0 Å². The zero-order chi connectivity index (χ0) is 20.1. The lowest BCUT2D eigenvalue weighted by Crippen LogP contribution is -2.36. The second kappa shape index (κ2) is 8.30. The highest BCUT2D eigenvalue weighted by atomic mass is 16.2. The van der Waals surface area contributed by atoms with E-state index in [0.29, 0.717) is 11.3 Å². The summed E-state index contributed by atoms with van der Waals surface area (Å²) < 4.78 is 1.62. The lowest BCUT2D eigenvalue weighted by atomic mass is 10.1. The minimum absolute atomic E-state index is 0.272. The van der Waals surface area contributed by atoms with Crippen molar-refractivity contribution in [1.29, 1.82) is 0 Å². The van der Waals surface area contributed by atoms with Gasteiger partial charge in [0.1, 0.15) is 0 Å². The summed E-state index contributed by atoms with van der Waals surface area (Å²) >= 11 is 0. The third-order valence-corrected chi connectivity index (χ3v) is 4.26. The van der Waals surface area contributed by atoms with Crippen LogP contribution in [-0.2, 0) is 16.6 Å². The lowest BCUT2D eigenvalue weighted by molar-refractivity contribution is -0.136. The number of nitrogens with zero attached hydrogens (tertiary/aromatic N) is 2. The minimum Gasteiger partial charge on any atom is -0.341 e. The van der Waals surface area contributed by atoms with Crippen molar-refractivity contribution in [3.63, 3.8) is 0 Å². The Kier molecular flexibility index (Phi) is 5.64. The number of hydrogen-bond acceptors (Lipinski definition) is 4. The average Bonchev–Trinajstić information content (AvgIpc) is 3.14. The quantitative estimate of drug-likeness (QED) is 0.528. The fraction of sp³-hybridized carbons (Fsp3) is 0.143. The summed E-state index contributed by atoms with van der Waals surface area (Å²) in [5.74, 6) is -1.54. The van der Waals surface area contributed by atoms with Gasteiger partial charge in [-0.2, -0.15) is 0 Å². The molecule has 0 radical (unpaired) electrons. The number of aromatic nitrogens is 2. The molecule has 0 aliphatic heterocycles. The van der Waals surface area contributed by atoms with Gasteiger partial charge < -0.3 is 15.2 Å². The first-order valence-corrected chi connectivity index (χ1v) is 8.74. The summed E-state index contributed by atoms with van der Waals surface area (Å²) in [5, 5.41) is 5.18. The molecule has 0 saturated heterocycles. The number of amides is 2. The molecule has 28 heavy (non-hydrogen) atoms. The van der Waals surface area contributed by atoms with E-state index in [1.54, 1.807) is 42.9 Å². The van der Waals surface area contributed by atoms with E-state index in [4.69, 9.17) is 0 Å². The minimum atomic E-state index is -0.802. The van der Waals surface area contributed by atoms with Crippen LogP contribution >= 0.6 is 0 Å². The molecule has 1 atom stereocenters. The van der Waals surface area contributed by atoms with Crippen LogP contribution in [0.25, 0.3) is 0 Å². The summed E-state index contributed by atoms with van der Waals surface area (Å²) in [4.78, 5) is 41.0. The van der Waals surface area contributed by atoms with Crippen molar-refractivity contribution in [2.45, 2.75) is 13.0 Å². The zero-order valence-electron chi connectivity index (χ0n) is 15.5. The Hall–Kier alpha value is -3.74. The first-order chi connectivity index (χ1) is 13.5. The Morgan fingerprint density at radius 3 is 2.43 bits per heavy atom. The number of benzene rings is 2. The highest BCUT2D eigenvalue weighted by Crippen LogP contribution is 2.15. The van der Waals surface area contributed by atoms with Gasteiger partial charge in [-0.3, -0.25) is 14.4 Å². The van der Waals surface area contributed by atoms with Crippen molar-refractivity contribution in [1.82, 2.24) is 14.9 Å². The van der Waals surface area contributed by atoms with Crippen LogP contribution in [0.3, 0.4) is 0 Å². The fourth-order valence-electron chi connectivity index (χ4n) is 2.73. The molecule has 3 rings (SSSR count). The maximum Gasteiger partial charge on any atom is 0.313 e. The largest absolute Gasteiger partial charge is 0.341 e. The molecule has 1 aromatic heterocycles. The van der Waals surface area contributed by atoms with Gasteiger partial charge in [0.25, 0.3) is 0 Å². The van der Waals surface area contributed by atoms with Gasteiger partial charge in [-0.05, 0) is 24.6 Å². The summed E-state index contributed by atoms with van der Waals surface area (Å²) in [7, 11) is 1.73. The van der Waals surface area contributed by atoms with Gasteiger partial charge in [-0.15, -0.1) is 0 Å². The third kappa shape index (κ3) is 4.32. The topological polar surface area (TPSA) is 93.1 Å². The van der Waals surface area contributed by atoms with Crippen molar-refractivity contribution in [2.24, 2.45) is 7.05 Å². The van der Waals surface area contributed by atoms with Crippen LogP contribution in [0.15, 0.2) is 67.0 Å². The van der Waals surface area contributed by atoms with Gasteiger partial charge in [0.15, 0.2) is 5.82 Å². The maximum absolute atomic E-state index is 12.5. The number of hydrogen-bond donors (Lipinski definition) is 2. The number of imidazole rings is 1. The Labute approximate surface area is 162 Å². The SMILES string of the molecule is C[C@H](NC(=O)C(=O)Nc1cccc(C(=O)c2nccn2C)c1)c1ccccc1. The summed E-state index contributed by atoms with van der Waals surface area (Å²) in [6, 6.07) is 15.4. The zero-order valence-corrected chi connectivity index (χ0v) is 15.5. The monoisotopic (exact) mass is 376 g/mol. The maximum atomic E-state index is 12.5. The molecule has 0 bridgehead atoms. The van der Waals surface area contributed by atoms with E-state index in [-0.39, 0.29) is 17.6 Å². The molecule has 7 heteroatoms. The third-order valence-electron chi connectivity index (χ3n) is 4.26. The Balaban J connectivity index is 1.66. The fourth-order valence-corrected chi connectivity index (χ4v) is 2.73. The number of aryl methyl sites for hydroxylation is 1. The van der Waals surface area contributed by atoms with E-state index in [1.165, 1.54) is 12.3 Å². The molecule has 7 nitrogen and oxygen atoms in total. The molecule has 0 unspecified atom stereocenters. The van der Waals surface area contributed by atoms with Gasteiger partial charge in [0, 0.05) is 30.7 Å². The molecule has 2 aromatic carbocycles. The van der Waals surface area contributed by atoms with E-state index in [0.717, 1.165) is 5.56 Å². The second-order valence-corrected chi connectivity index (χ2v) is 6.33. The molecular weight excluding hydrogens is 356 g/mol. The summed E-state index contributed by atoms with van der Waals surface area (Å²) in [6.45, 7) is 1.80. The van der Waals surface area contributed by atoms with Crippen LogP contribution in [-0.4, -0.2) is 27.1 Å². The lowest BCUT2D eigenvalue weighted by Gasteiger charge is -2.14. The normalized spacial score (nSPS) is 11.5. The van der Waals surface area contributed by atoms with Crippen molar-refractivity contribution in [2.75, 3.05) is 5.32 Å². The molecule has 2 N–H and O–H groups in total. The molecular formula is C21H20N4O3. The smallest absolute Gasteiger partial charge is 0.313 e. The Morgan fingerprint density at radius 2 is 1.75 bits per heavy atom. The van der Waals surface area contributed by atoms with Crippen molar-refractivity contribution in [3.8, 4) is 0 Å². The highest BCUT2D eigenvalue weighted by molar-refractivity contribution is 6.39. The van der Waals surface area contributed by atoms with Gasteiger partial charge in [-0.1, -0.05) is 42.5 Å². The highest BCUT2D eigenvalue weighted by Gasteiger charge is 2.18. The van der Waals surface area contributed by atoms with Crippen LogP contribution in [0.4, 0.5) is 5.69 Å². The molecule has 0 saturated carbocycles. The molecule has 3 aromatic rings. The van der Waals surface area contributed by atoms with Gasteiger partial charge in [-0.25, -0.2) is 4.98 Å². The number of anilines is 1. The Morgan fingerprint density at radius 1 is 1.00 bits per heavy atom. The van der Waals surface area contributed by atoms with Gasteiger partial charge in [0.2, 0.25) is 5.78 Å². The molecule has 0 aliphatic rings. The van der Waals surface area contributed by atoms with Crippen molar-refractivity contribution < 1.29 is 14.4 Å². The van der Waals surface area contributed by atoms with Crippen LogP contribution in [0.1, 0.15) is 34.7 Å². The molecule has 142 valence electrons. The molecule has 0 spiro atoms.